The van der Waals surface area contributed by atoms with Gasteiger partial charge in [-0.05, 0) is 17.9 Å². The Hall–Kier alpha value is -1.36. The number of carbonyl (C=O) groups is 2. The second kappa shape index (κ2) is 4.02. The smallest absolute Gasteiger partial charge is 0.303 e. The van der Waals surface area contributed by atoms with E-state index in [2.05, 4.69) is 5.32 Å². The highest BCUT2D eigenvalue weighted by Gasteiger charge is 2.24. The molecule has 1 aliphatic heterocycles. The van der Waals surface area contributed by atoms with Crippen LogP contribution in [-0.4, -0.2) is 17.0 Å². The summed E-state index contributed by atoms with van der Waals surface area (Å²) in [6.45, 7) is 0. The van der Waals surface area contributed by atoms with Crippen LogP contribution >= 0.6 is 11.3 Å². The summed E-state index contributed by atoms with van der Waals surface area (Å²) in [4.78, 5) is 23.0. The normalized spacial score (nSPS) is 20.3. The molecular weight excluding hydrogens is 214 g/mol. The number of hydrogen-bond donors (Lipinski definition) is 2. The van der Waals surface area contributed by atoms with E-state index in [9.17, 15) is 9.59 Å². The van der Waals surface area contributed by atoms with E-state index < -0.39 is 5.97 Å². The summed E-state index contributed by atoms with van der Waals surface area (Å²) in [5.41, 5.74) is 0.786. The lowest BCUT2D eigenvalue weighted by molar-refractivity contribution is -0.137. The van der Waals surface area contributed by atoms with E-state index in [1.807, 2.05) is 11.4 Å². The zero-order valence-electron chi connectivity index (χ0n) is 8.03. The maximum absolute atomic E-state index is 11.3. The zero-order chi connectivity index (χ0) is 10.8. The molecule has 4 nitrogen and oxygen atoms in total. The molecule has 0 aromatic carbocycles. The second-order valence-corrected chi connectivity index (χ2v) is 4.53. The van der Waals surface area contributed by atoms with Crippen molar-refractivity contribution in [2.45, 2.75) is 25.2 Å². The third kappa shape index (κ3) is 2.18. The van der Waals surface area contributed by atoms with Gasteiger partial charge >= 0.3 is 5.97 Å². The van der Waals surface area contributed by atoms with E-state index in [0.29, 0.717) is 12.8 Å². The second-order valence-electron chi connectivity index (χ2n) is 3.58. The van der Waals surface area contributed by atoms with E-state index in [1.54, 1.807) is 0 Å². The lowest BCUT2D eigenvalue weighted by Crippen LogP contribution is -2.08. The predicted molar refractivity (Wildman–Crippen MR) is 57.2 cm³/mol. The monoisotopic (exact) mass is 225 g/mol. The Morgan fingerprint density at radius 2 is 2.47 bits per heavy atom. The number of rotatable bonds is 2. The minimum atomic E-state index is -0.811. The molecule has 1 atom stereocenters. The Morgan fingerprint density at radius 1 is 1.67 bits per heavy atom. The molecular formula is C10H11NO3S. The number of carboxylic acid groups (broad SMARTS) is 1. The third-order valence-electron chi connectivity index (χ3n) is 2.48. The topological polar surface area (TPSA) is 66.4 Å². The van der Waals surface area contributed by atoms with Crippen molar-refractivity contribution < 1.29 is 14.7 Å². The SMILES string of the molecule is O=C(O)CC1CCC(=O)Nc2ccsc21. The van der Waals surface area contributed by atoms with Crippen LogP contribution in [0.25, 0.3) is 0 Å². The summed E-state index contributed by atoms with van der Waals surface area (Å²) >= 11 is 1.51. The number of carbonyl (C=O) groups excluding carboxylic acids is 1. The Labute approximate surface area is 90.9 Å². The number of nitrogens with one attached hydrogen (secondary N) is 1. The van der Waals surface area contributed by atoms with E-state index >= 15 is 0 Å². The fraction of sp³-hybridized carbons (Fsp3) is 0.400. The van der Waals surface area contributed by atoms with Crippen molar-refractivity contribution in [1.82, 2.24) is 0 Å². The Morgan fingerprint density at radius 3 is 3.20 bits per heavy atom. The number of amides is 1. The fourth-order valence-electron chi connectivity index (χ4n) is 1.80. The van der Waals surface area contributed by atoms with Crippen molar-refractivity contribution in [2.24, 2.45) is 0 Å². The minimum absolute atomic E-state index is 0.0254. The van der Waals surface area contributed by atoms with Gasteiger partial charge in [-0.15, -0.1) is 11.3 Å². The van der Waals surface area contributed by atoms with Crippen molar-refractivity contribution in [3.8, 4) is 0 Å². The Kier molecular flexibility index (Phi) is 2.73. The Balaban J connectivity index is 2.27. The van der Waals surface area contributed by atoms with Crippen molar-refractivity contribution >= 4 is 28.9 Å². The molecule has 1 amide bonds. The number of fused-ring (bicyclic) bond motifs is 1. The quantitative estimate of drug-likeness (QED) is 0.809. The van der Waals surface area contributed by atoms with Gasteiger partial charge in [0.25, 0.3) is 0 Å². The number of thiophene rings is 1. The summed E-state index contributed by atoms with van der Waals surface area (Å²) < 4.78 is 0. The van der Waals surface area contributed by atoms with Crippen LogP contribution in [0.1, 0.15) is 30.1 Å². The molecule has 0 spiro atoms. The Bertz CT molecular complexity index is 399. The van der Waals surface area contributed by atoms with E-state index in [0.717, 1.165) is 10.6 Å². The highest BCUT2D eigenvalue weighted by atomic mass is 32.1. The fourth-order valence-corrected chi connectivity index (χ4v) is 2.79. The number of anilines is 1. The largest absolute Gasteiger partial charge is 0.481 e. The summed E-state index contributed by atoms with van der Waals surface area (Å²) in [6.07, 6.45) is 1.12. The molecule has 1 aromatic rings. The van der Waals surface area contributed by atoms with Crippen LogP contribution in [0.3, 0.4) is 0 Å². The van der Waals surface area contributed by atoms with Crippen molar-refractivity contribution in [1.29, 1.82) is 0 Å². The summed E-state index contributed by atoms with van der Waals surface area (Å²) in [6, 6.07) is 1.83. The molecule has 5 heteroatoms. The highest BCUT2D eigenvalue weighted by Crippen LogP contribution is 2.37. The molecule has 1 aromatic heterocycles. The van der Waals surface area contributed by atoms with Gasteiger partial charge < -0.3 is 10.4 Å². The average molecular weight is 225 g/mol. The first kappa shape index (κ1) is 10.2. The van der Waals surface area contributed by atoms with Gasteiger partial charge in [0.1, 0.15) is 0 Å². The first-order valence-corrected chi connectivity index (χ1v) is 5.64. The molecule has 0 saturated heterocycles. The molecule has 0 aliphatic carbocycles. The van der Waals surface area contributed by atoms with Crippen LogP contribution in [0.2, 0.25) is 0 Å². The average Bonchev–Trinajstić information content (AvgIpc) is 2.55. The van der Waals surface area contributed by atoms with Crippen LogP contribution < -0.4 is 5.32 Å². The molecule has 1 aliphatic rings. The van der Waals surface area contributed by atoms with Crippen molar-refractivity contribution in [3.05, 3.63) is 16.3 Å². The maximum atomic E-state index is 11.3. The third-order valence-corrected chi connectivity index (χ3v) is 3.56. The summed E-state index contributed by atoms with van der Waals surface area (Å²) in [5.74, 6) is -0.868. The van der Waals surface area contributed by atoms with E-state index in [4.69, 9.17) is 5.11 Å². The summed E-state index contributed by atoms with van der Waals surface area (Å²) in [7, 11) is 0. The van der Waals surface area contributed by atoms with Crippen LogP contribution in [-0.2, 0) is 9.59 Å². The molecule has 0 saturated carbocycles. The van der Waals surface area contributed by atoms with Gasteiger partial charge in [-0.3, -0.25) is 9.59 Å². The molecule has 0 radical (unpaired) electrons. The van der Waals surface area contributed by atoms with Gasteiger partial charge in [-0.2, -0.15) is 0 Å². The molecule has 0 bridgehead atoms. The first-order chi connectivity index (χ1) is 7.16. The zero-order valence-corrected chi connectivity index (χ0v) is 8.84. The highest BCUT2D eigenvalue weighted by molar-refractivity contribution is 7.10. The molecule has 2 heterocycles. The molecule has 2 rings (SSSR count). The van der Waals surface area contributed by atoms with Crippen molar-refractivity contribution in [3.63, 3.8) is 0 Å². The van der Waals surface area contributed by atoms with Crippen LogP contribution in [0.5, 0.6) is 0 Å². The van der Waals surface area contributed by atoms with Crippen molar-refractivity contribution in [2.75, 3.05) is 5.32 Å². The molecule has 15 heavy (non-hydrogen) atoms. The van der Waals surface area contributed by atoms with E-state index in [1.165, 1.54) is 11.3 Å². The van der Waals surface area contributed by atoms with Crippen LogP contribution in [0.15, 0.2) is 11.4 Å². The number of hydrogen-bond acceptors (Lipinski definition) is 3. The van der Waals surface area contributed by atoms with Crippen LogP contribution in [0.4, 0.5) is 5.69 Å². The van der Waals surface area contributed by atoms with Gasteiger partial charge in [0.15, 0.2) is 0 Å². The first-order valence-electron chi connectivity index (χ1n) is 4.76. The van der Waals surface area contributed by atoms with Gasteiger partial charge in [-0.1, -0.05) is 0 Å². The lowest BCUT2D eigenvalue weighted by Gasteiger charge is -2.10. The summed E-state index contributed by atoms with van der Waals surface area (Å²) in [5, 5.41) is 13.5. The van der Waals surface area contributed by atoms with Gasteiger partial charge in [0.05, 0.1) is 12.1 Å². The van der Waals surface area contributed by atoms with Gasteiger partial charge in [0.2, 0.25) is 5.91 Å². The van der Waals surface area contributed by atoms with E-state index in [-0.39, 0.29) is 18.2 Å². The molecule has 1 unspecified atom stereocenters. The lowest BCUT2D eigenvalue weighted by atomic mass is 9.98. The van der Waals surface area contributed by atoms with Gasteiger partial charge in [-0.25, -0.2) is 0 Å². The standard InChI is InChI=1S/C10H11NO3S/c12-8-2-1-6(5-9(13)14)10-7(11-8)3-4-15-10/h3-4,6H,1-2,5H2,(H,11,12)(H,13,14). The predicted octanol–water partition coefficient (Wildman–Crippen LogP) is 2.04. The molecule has 2 N–H and O–H groups in total. The van der Waals surface area contributed by atoms with Crippen LogP contribution in [0, 0.1) is 0 Å². The number of carboxylic acids is 1. The van der Waals surface area contributed by atoms with Gasteiger partial charge in [0, 0.05) is 17.2 Å². The maximum Gasteiger partial charge on any atom is 0.303 e. The molecule has 80 valence electrons. The number of aliphatic carboxylic acids is 1. The molecule has 0 fully saturated rings. The minimum Gasteiger partial charge on any atom is -0.481 e.